The Morgan fingerprint density at radius 1 is 1.15 bits per heavy atom. The standard InChI is InChI=1S/C21H27NO4/c1-13(2)18-10-16(6-7-20(18)23)11-19-14(3)8-17(9-15(19)4)26-12-21(24)22-25-5/h6-10,13,23H,11-12H2,1-5H3,(H,22,24). The molecule has 2 aromatic rings. The van der Waals surface area contributed by atoms with Crippen molar-refractivity contribution in [1.29, 1.82) is 0 Å². The maximum absolute atomic E-state index is 11.4. The van der Waals surface area contributed by atoms with E-state index in [1.165, 1.54) is 12.7 Å². The van der Waals surface area contributed by atoms with Crippen LogP contribution in [0.3, 0.4) is 0 Å². The zero-order valence-electron chi connectivity index (χ0n) is 16.1. The number of hydroxylamine groups is 1. The Kier molecular flexibility index (Phi) is 6.64. The van der Waals surface area contributed by atoms with Crippen molar-refractivity contribution in [2.75, 3.05) is 13.7 Å². The van der Waals surface area contributed by atoms with Gasteiger partial charge >= 0.3 is 0 Å². The number of carbonyl (C=O) groups excluding carboxylic acids is 1. The highest BCUT2D eigenvalue weighted by molar-refractivity contribution is 5.76. The van der Waals surface area contributed by atoms with E-state index in [0.717, 1.165) is 28.7 Å². The van der Waals surface area contributed by atoms with Crippen molar-refractivity contribution in [3.05, 3.63) is 58.1 Å². The highest BCUT2D eigenvalue weighted by Gasteiger charge is 2.11. The van der Waals surface area contributed by atoms with Crippen LogP contribution in [0.2, 0.25) is 0 Å². The van der Waals surface area contributed by atoms with Crippen LogP contribution in [0.1, 0.15) is 47.6 Å². The molecule has 0 fully saturated rings. The fourth-order valence-electron chi connectivity index (χ4n) is 2.99. The molecule has 2 rings (SSSR count). The first-order valence-electron chi connectivity index (χ1n) is 8.68. The number of amides is 1. The summed E-state index contributed by atoms with van der Waals surface area (Å²) in [5.74, 6) is 0.933. The van der Waals surface area contributed by atoms with Crippen molar-refractivity contribution in [3.8, 4) is 11.5 Å². The summed E-state index contributed by atoms with van der Waals surface area (Å²) in [5.41, 5.74) is 7.77. The molecule has 0 bridgehead atoms. The lowest BCUT2D eigenvalue weighted by Crippen LogP contribution is -2.27. The third-order valence-corrected chi connectivity index (χ3v) is 4.35. The minimum atomic E-state index is -0.336. The van der Waals surface area contributed by atoms with Crippen LogP contribution < -0.4 is 10.2 Å². The Morgan fingerprint density at radius 2 is 1.81 bits per heavy atom. The molecule has 2 aromatic carbocycles. The Balaban J connectivity index is 2.18. The maximum Gasteiger partial charge on any atom is 0.281 e. The van der Waals surface area contributed by atoms with E-state index >= 15 is 0 Å². The van der Waals surface area contributed by atoms with Gasteiger partial charge in [0.2, 0.25) is 0 Å². The number of hydrogen-bond acceptors (Lipinski definition) is 4. The molecule has 0 saturated carbocycles. The first-order chi connectivity index (χ1) is 12.3. The normalized spacial score (nSPS) is 10.8. The minimum Gasteiger partial charge on any atom is -0.508 e. The van der Waals surface area contributed by atoms with Crippen LogP contribution in [-0.2, 0) is 16.1 Å². The SMILES string of the molecule is CONC(=O)COc1cc(C)c(Cc2ccc(O)c(C(C)C)c2)c(C)c1. The number of ether oxygens (including phenoxy) is 1. The number of hydrogen-bond donors (Lipinski definition) is 2. The summed E-state index contributed by atoms with van der Waals surface area (Å²) in [4.78, 5) is 16.0. The summed E-state index contributed by atoms with van der Waals surface area (Å²) in [6, 6.07) is 9.66. The molecule has 0 aromatic heterocycles. The molecule has 26 heavy (non-hydrogen) atoms. The zero-order chi connectivity index (χ0) is 19.3. The summed E-state index contributed by atoms with van der Waals surface area (Å²) >= 11 is 0. The van der Waals surface area contributed by atoms with Crippen LogP contribution in [0, 0.1) is 13.8 Å². The van der Waals surface area contributed by atoms with E-state index in [-0.39, 0.29) is 18.4 Å². The molecule has 0 atom stereocenters. The van der Waals surface area contributed by atoms with Crippen molar-refractivity contribution in [2.45, 2.75) is 40.0 Å². The molecule has 5 nitrogen and oxygen atoms in total. The number of phenolic OH excluding ortho intramolecular Hbond substituents is 1. The van der Waals surface area contributed by atoms with Crippen molar-refractivity contribution in [1.82, 2.24) is 5.48 Å². The Morgan fingerprint density at radius 3 is 2.38 bits per heavy atom. The van der Waals surface area contributed by atoms with Gasteiger partial charge in [-0.3, -0.25) is 9.63 Å². The number of nitrogens with one attached hydrogen (secondary N) is 1. The Labute approximate surface area is 154 Å². The van der Waals surface area contributed by atoms with Gasteiger partial charge < -0.3 is 9.84 Å². The van der Waals surface area contributed by atoms with Crippen LogP contribution in [0.5, 0.6) is 11.5 Å². The molecule has 2 N–H and O–H groups in total. The fraction of sp³-hybridized carbons (Fsp3) is 0.381. The smallest absolute Gasteiger partial charge is 0.281 e. The number of rotatable bonds is 7. The molecule has 0 spiro atoms. The predicted octanol–water partition coefficient (Wildman–Crippen LogP) is 3.78. The van der Waals surface area contributed by atoms with Gasteiger partial charge in [-0.1, -0.05) is 26.0 Å². The summed E-state index contributed by atoms with van der Waals surface area (Å²) < 4.78 is 5.53. The van der Waals surface area contributed by atoms with Crippen molar-refractivity contribution >= 4 is 5.91 Å². The maximum atomic E-state index is 11.4. The molecule has 0 aliphatic rings. The molecule has 0 radical (unpaired) electrons. The third-order valence-electron chi connectivity index (χ3n) is 4.35. The molecular weight excluding hydrogens is 330 g/mol. The number of aromatic hydroxyl groups is 1. The van der Waals surface area contributed by atoms with E-state index in [4.69, 9.17) is 4.74 Å². The Bertz CT molecular complexity index is 761. The largest absolute Gasteiger partial charge is 0.508 e. The lowest BCUT2D eigenvalue weighted by atomic mass is 9.93. The molecule has 140 valence electrons. The average Bonchev–Trinajstić information content (AvgIpc) is 2.57. The molecule has 0 aliphatic carbocycles. The van der Waals surface area contributed by atoms with E-state index in [2.05, 4.69) is 30.2 Å². The second-order valence-electron chi connectivity index (χ2n) is 6.78. The lowest BCUT2D eigenvalue weighted by molar-refractivity contribution is -0.133. The van der Waals surface area contributed by atoms with E-state index in [1.54, 1.807) is 6.07 Å². The lowest BCUT2D eigenvalue weighted by Gasteiger charge is -2.15. The average molecular weight is 357 g/mol. The monoisotopic (exact) mass is 357 g/mol. The summed E-state index contributed by atoms with van der Waals surface area (Å²) in [6.45, 7) is 8.12. The van der Waals surface area contributed by atoms with Gasteiger partial charge in [0, 0.05) is 0 Å². The van der Waals surface area contributed by atoms with Crippen LogP contribution >= 0.6 is 0 Å². The van der Waals surface area contributed by atoms with E-state index < -0.39 is 0 Å². The molecule has 0 saturated heterocycles. The van der Waals surface area contributed by atoms with Gasteiger partial charge in [0.05, 0.1) is 7.11 Å². The van der Waals surface area contributed by atoms with E-state index in [0.29, 0.717) is 11.5 Å². The van der Waals surface area contributed by atoms with Crippen LogP contribution in [0.15, 0.2) is 30.3 Å². The quantitative estimate of drug-likeness (QED) is 0.740. The predicted molar refractivity (Wildman–Crippen MR) is 102 cm³/mol. The van der Waals surface area contributed by atoms with Crippen molar-refractivity contribution in [2.24, 2.45) is 0 Å². The molecule has 5 heteroatoms. The highest BCUT2D eigenvalue weighted by Crippen LogP contribution is 2.29. The molecule has 0 heterocycles. The van der Waals surface area contributed by atoms with E-state index in [9.17, 15) is 9.90 Å². The Hall–Kier alpha value is -2.53. The van der Waals surface area contributed by atoms with Crippen LogP contribution in [0.4, 0.5) is 0 Å². The summed E-state index contributed by atoms with van der Waals surface area (Å²) in [6.07, 6.45) is 0.780. The first-order valence-corrected chi connectivity index (χ1v) is 8.68. The zero-order valence-corrected chi connectivity index (χ0v) is 16.1. The summed E-state index contributed by atoms with van der Waals surface area (Å²) in [7, 11) is 1.38. The van der Waals surface area contributed by atoms with Crippen molar-refractivity contribution in [3.63, 3.8) is 0 Å². The molecule has 1 amide bonds. The van der Waals surface area contributed by atoms with Gasteiger partial charge in [-0.25, -0.2) is 5.48 Å². The van der Waals surface area contributed by atoms with Gasteiger partial charge in [0.25, 0.3) is 5.91 Å². The third kappa shape index (κ3) is 4.99. The number of benzene rings is 2. The van der Waals surface area contributed by atoms with Gasteiger partial charge in [-0.05, 0) is 72.2 Å². The van der Waals surface area contributed by atoms with Gasteiger partial charge in [0.15, 0.2) is 6.61 Å². The van der Waals surface area contributed by atoms with Gasteiger partial charge in [0.1, 0.15) is 11.5 Å². The number of aryl methyl sites for hydroxylation is 2. The van der Waals surface area contributed by atoms with E-state index in [1.807, 2.05) is 32.0 Å². The fourth-order valence-corrected chi connectivity index (χ4v) is 2.99. The topological polar surface area (TPSA) is 67.8 Å². The van der Waals surface area contributed by atoms with Gasteiger partial charge in [-0.15, -0.1) is 0 Å². The summed E-state index contributed by atoms with van der Waals surface area (Å²) in [5, 5.41) is 10.0. The number of phenols is 1. The van der Waals surface area contributed by atoms with Gasteiger partial charge in [-0.2, -0.15) is 0 Å². The number of carbonyl (C=O) groups is 1. The van der Waals surface area contributed by atoms with Crippen LogP contribution in [0.25, 0.3) is 0 Å². The minimum absolute atomic E-state index is 0.0955. The molecular formula is C21H27NO4. The highest BCUT2D eigenvalue weighted by atomic mass is 16.6. The van der Waals surface area contributed by atoms with Crippen molar-refractivity contribution < 1.29 is 19.5 Å². The molecule has 0 unspecified atom stereocenters. The van der Waals surface area contributed by atoms with Crippen LogP contribution in [-0.4, -0.2) is 24.7 Å². The first kappa shape index (κ1) is 19.8. The molecule has 0 aliphatic heterocycles. The second kappa shape index (κ2) is 8.72. The second-order valence-corrected chi connectivity index (χ2v) is 6.78.